The van der Waals surface area contributed by atoms with Gasteiger partial charge in [0.05, 0.1) is 19.8 Å². The topological polar surface area (TPSA) is 71.1 Å². The second-order valence-electron chi connectivity index (χ2n) is 8.56. The highest BCUT2D eigenvalue weighted by Crippen LogP contribution is 2.20. The second kappa shape index (κ2) is 14.8. The minimum atomic E-state index is 0.150. The Kier molecular flexibility index (Phi) is 12.3. The number of nitrogens with one attached hydrogen (secondary N) is 1. The molecule has 2 aliphatic heterocycles. The molecule has 2 rings (SSSR count). The van der Waals surface area contributed by atoms with Crippen molar-refractivity contribution >= 4 is 11.8 Å². The normalized spacial score (nSPS) is 19.2. The number of amides is 2. The summed E-state index contributed by atoms with van der Waals surface area (Å²) in [5, 5.41) is 2.98. The zero-order chi connectivity index (χ0) is 21.6. The third kappa shape index (κ3) is 9.31. The van der Waals surface area contributed by atoms with Crippen LogP contribution >= 0.6 is 0 Å². The minimum absolute atomic E-state index is 0.150. The van der Waals surface area contributed by atoms with Crippen LogP contribution in [0.5, 0.6) is 0 Å². The zero-order valence-corrected chi connectivity index (χ0v) is 19.2. The van der Waals surface area contributed by atoms with E-state index in [0.29, 0.717) is 39.4 Å². The Morgan fingerprint density at radius 2 is 1.57 bits per heavy atom. The van der Waals surface area contributed by atoms with Crippen molar-refractivity contribution in [2.75, 3.05) is 65.7 Å². The van der Waals surface area contributed by atoms with Gasteiger partial charge in [-0.2, -0.15) is 0 Å². The van der Waals surface area contributed by atoms with Gasteiger partial charge < -0.3 is 24.6 Å². The quantitative estimate of drug-likeness (QED) is 0.459. The maximum Gasteiger partial charge on any atom is 0.223 e. The molecule has 7 nitrogen and oxygen atoms in total. The molecular formula is C23H43N3O4. The Labute approximate surface area is 182 Å². The molecule has 0 atom stereocenters. The number of likely N-dealkylation sites (tertiary alicyclic amines) is 2. The first-order chi connectivity index (χ1) is 14.6. The number of nitrogens with zero attached hydrogens (tertiary/aromatic N) is 2. The third-order valence-electron chi connectivity index (χ3n) is 6.55. The van der Waals surface area contributed by atoms with E-state index in [2.05, 4.69) is 24.1 Å². The molecule has 0 bridgehead atoms. The molecule has 2 fully saturated rings. The molecular weight excluding hydrogens is 382 g/mol. The molecule has 2 amide bonds. The first-order valence-electron chi connectivity index (χ1n) is 12.1. The van der Waals surface area contributed by atoms with Gasteiger partial charge in [-0.3, -0.25) is 9.59 Å². The van der Waals surface area contributed by atoms with Gasteiger partial charge in [0.1, 0.15) is 0 Å². The fraction of sp³-hybridized carbons (Fsp3) is 0.913. The zero-order valence-electron chi connectivity index (χ0n) is 19.2. The molecule has 0 aromatic heterocycles. The monoisotopic (exact) mass is 425 g/mol. The molecule has 0 saturated carbocycles. The second-order valence-corrected chi connectivity index (χ2v) is 8.56. The maximum absolute atomic E-state index is 12.2. The summed E-state index contributed by atoms with van der Waals surface area (Å²) >= 11 is 0. The van der Waals surface area contributed by atoms with E-state index in [4.69, 9.17) is 9.47 Å². The smallest absolute Gasteiger partial charge is 0.223 e. The summed E-state index contributed by atoms with van der Waals surface area (Å²) in [4.78, 5) is 28.8. The average molecular weight is 426 g/mol. The molecule has 1 N–H and O–H groups in total. The van der Waals surface area contributed by atoms with Gasteiger partial charge in [0.25, 0.3) is 0 Å². The van der Waals surface area contributed by atoms with E-state index >= 15 is 0 Å². The molecule has 2 heterocycles. The number of carbonyl (C=O) groups excluding carboxylic acids is 2. The summed E-state index contributed by atoms with van der Waals surface area (Å²) in [5.41, 5.74) is 0. The van der Waals surface area contributed by atoms with Gasteiger partial charge in [-0.05, 0) is 57.7 Å². The lowest BCUT2D eigenvalue weighted by atomic mass is 9.94. The predicted octanol–water partition coefficient (Wildman–Crippen LogP) is 2.30. The molecule has 174 valence electrons. The Morgan fingerprint density at radius 3 is 2.20 bits per heavy atom. The lowest BCUT2D eigenvalue weighted by Crippen LogP contribution is -2.41. The molecule has 7 heteroatoms. The highest BCUT2D eigenvalue weighted by Gasteiger charge is 2.24. The van der Waals surface area contributed by atoms with Crippen LogP contribution in [0.25, 0.3) is 0 Å². The van der Waals surface area contributed by atoms with E-state index in [1.54, 1.807) is 0 Å². The van der Waals surface area contributed by atoms with Crippen molar-refractivity contribution in [3.8, 4) is 0 Å². The highest BCUT2D eigenvalue weighted by atomic mass is 16.5. The van der Waals surface area contributed by atoms with Crippen LogP contribution in [0.3, 0.4) is 0 Å². The molecule has 2 aliphatic rings. The van der Waals surface area contributed by atoms with Gasteiger partial charge >= 0.3 is 0 Å². The number of rotatable bonds is 13. The van der Waals surface area contributed by atoms with Gasteiger partial charge in [-0.15, -0.1) is 0 Å². The molecule has 2 saturated heterocycles. The number of hydrogen-bond donors (Lipinski definition) is 1. The van der Waals surface area contributed by atoms with Crippen molar-refractivity contribution in [1.29, 1.82) is 0 Å². The Hall–Kier alpha value is -1.18. The molecule has 0 unspecified atom stereocenters. The molecule has 0 aromatic rings. The van der Waals surface area contributed by atoms with Crippen molar-refractivity contribution in [2.24, 2.45) is 11.8 Å². The van der Waals surface area contributed by atoms with E-state index in [0.717, 1.165) is 70.7 Å². The fourth-order valence-electron chi connectivity index (χ4n) is 4.30. The lowest BCUT2D eigenvalue weighted by molar-refractivity contribution is -0.133. The Morgan fingerprint density at radius 1 is 0.900 bits per heavy atom. The number of piperidine rings is 2. The first-order valence-corrected chi connectivity index (χ1v) is 12.1. The Bertz CT molecular complexity index is 443. The third-order valence-corrected chi connectivity index (χ3v) is 6.55. The van der Waals surface area contributed by atoms with Crippen LogP contribution < -0.4 is 5.32 Å². The molecule has 0 radical (unpaired) electrons. The summed E-state index contributed by atoms with van der Waals surface area (Å²) < 4.78 is 11.1. The summed E-state index contributed by atoms with van der Waals surface area (Å²) in [6, 6.07) is 0. The van der Waals surface area contributed by atoms with Crippen molar-refractivity contribution in [3.63, 3.8) is 0 Å². The number of hydrogen-bond acceptors (Lipinski definition) is 5. The van der Waals surface area contributed by atoms with E-state index in [1.165, 1.54) is 6.42 Å². The van der Waals surface area contributed by atoms with Crippen molar-refractivity contribution in [1.82, 2.24) is 15.1 Å². The summed E-state index contributed by atoms with van der Waals surface area (Å²) in [7, 11) is 0. The first kappa shape index (κ1) is 25.1. The maximum atomic E-state index is 12.2. The molecule has 0 spiro atoms. The van der Waals surface area contributed by atoms with Crippen LogP contribution in [0.15, 0.2) is 0 Å². The van der Waals surface area contributed by atoms with Crippen molar-refractivity contribution in [2.45, 2.75) is 58.8 Å². The average Bonchev–Trinajstić information content (AvgIpc) is 2.80. The minimum Gasteiger partial charge on any atom is -0.379 e. The summed E-state index contributed by atoms with van der Waals surface area (Å²) in [6.45, 7) is 12.0. The van der Waals surface area contributed by atoms with Crippen LogP contribution in [0.2, 0.25) is 0 Å². The van der Waals surface area contributed by atoms with Gasteiger partial charge in [0.2, 0.25) is 11.8 Å². The van der Waals surface area contributed by atoms with Crippen molar-refractivity contribution in [3.05, 3.63) is 0 Å². The SMILES string of the molecule is CCC1CCN(C(=O)CCCOCCOCCNC(=O)C2CCN(CC)CC2)CC1. The van der Waals surface area contributed by atoms with Crippen molar-refractivity contribution < 1.29 is 19.1 Å². The standard InChI is InChI=1S/C23H43N3O4/c1-3-20-7-14-26(15-8-20)22(27)6-5-16-29-18-19-30-17-11-24-23(28)21-9-12-25(4-2)13-10-21/h20-21H,3-19H2,1-2H3,(H,24,28). The van der Waals surface area contributed by atoms with Crippen LogP contribution in [0.4, 0.5) is 0 Å². The molecule has 0 aliphatic carbocycles. The van der Waals surface area contributed by atoms with E-state index in [9.17, 15) is 9.59 Å². The lowest BCUT2D eigenvalue weighted by Gasteiger charge is -2.31. The molecule has 0 aromatic carbocycles. The number of carbonyl (C=O) groups is 2. The fourth-order valence-corrected chi connectivity index (χ4v) is 4.30. The van der Waals surface area contributed by atoms with Gasteiger partial charge in [-0.1, -0.05) is 20.3 Å². The van der Waals surface area contributed by atoms with Gasteiger partial charge in [0.15, 0.2) is 0 Å². The van der Waals surface area contributed by atoms with E-state index in [-0.39, 0.29) is 17.7 Å². The van der Waals surface area contributed by atoms with Gasteiger partial charge in [-0.25, -0.2) is 0 Å². The largest absolute Gasteiger partial charge is 0.379 e. The van der Waals surface area contributed by atoms with Crippen LogP contribution in [0.1, 0.15) is 58.8 Å². The van der Waals surface area contributed by atoms with Gasteiger partial charge in [0, 0.05) is 38.6 Å². The van der Waals surface area contributed by atoms with Crippen LogP contribution in [-0.4, -0.2) is 87.3 Å². The van der Waals surface area contributed by atoms with E-state index < -0.39 is 0 Å². The predicted molar refractivity (Wildman–Crippen MR) is 118 cm³/mol. The van der Waals surface area contributed by atoms with Crippen LogP contribution in [-0.2, 0) is 19.1 Å². The van der Waals surface area contributed by atoms with Crippen LogP contribution in [0, 0.1) is 11.8 Å². The van der Waals surface area contributed by atoms with E-state index in [1.807, 2.05) is 4.90 Å². The Balaban J connectivity index is 1.36. The summed E-state index contributed by atoms with van der Waals surface area (Å²) in [6.07, 6.45) is 6.76. The number of ether oxygens (including phenoxy) is 2. The summed E-state index contributed by atoms with van der Waals surface area (Å²) in [5.74, 6) is 1.37. The highest BCUT2D eigenvalue weighted by molar-refractivity contribution is 5.78. The molecule has 30 heavy (non-hydrogen) atoms.